The van der Waals surface area contributed by atoms with Gasteiger partial charge in [0.25, 0.3) is 0 Å². The quantitative estimate of drug-likeness (QED) is 0.300. The van der Waals surface area contributed by atoms with Crippen molar-refractivity contribution in [3.05, 3.63) is 100 Å². The number of benzene rings is 2. The normalized spacial score (nSPS) is 15.7. The zero-order valence-electron chi connectivity index (χ0n) is 23.5. The monoisotopic (exact) mass is 572 g/mol. The minimum absolute atomic E-state index is 0.0332. The van der Waals surface area contributed by atoms with Gasteiger partial charge in [0.1, 0.15) is 0 Å². The maximum Gasteiger partial charge on any atom is 0.349 e. The van der Waals surface area contributed by atoms with Crippen LogP contribution in [0.25, 0.3) is 0 Å². The number of nitrogens with zero attached hydrogens (tertiary/aromatic N) is 2. The molecule has 218 valence electrons. The second kappa shape index (κ2) is 14.6. The van der Waals surface area contributed by atoms with E-state index in [1.54, 1.807) is 44.3 Å². The average molecular weight is 573 g/mol. The van der Waals surface area contributed by atoms with Gasteiger partial charge in [-0.15, -0.1) is 6.42 Å². The zero-order valence-corrected chi connectivity index (χ0v) is 23.5. The Morgan fingerprint density at radius 3 is 1.74 bits per heavy atom. The summed E-state index contributed by atoms with van der Waals surface area (Å²) in [5.74, 6) is -3.00. The number of carboxylic acid groups (broad SMARTS) is 2. The van der Waals surface area contributed by atoms with E-state index >= 15 is 0 Å². The molecule has 0 saturated carbocycles. The van der Waals surface area contributed by atoms with E-state index in [0.717, 1.165) is 16.7 Å². The van der Waals surface area contributed by atoms with Crippen molar-refractivity contribution < 1.29 is 38.9 Å². The van der Waals surface area contributed by atoms with E-state index in [-0.39, 0.29) is 11.1 Å². The second-order valence-electron chi connectivity index (χ2n) is 9.85. The molecule has 1 unspecified atom stereocenters. The Kier molecular flexibility index (Phi) is 10.9. The third-order valence-corrected chi connectivity index (χ3v) is 6.64. The fourth-order valence-electron chi connectivity index (χ4n) is 4.28. The van der Waals surface area contributed by atoms with Crippen molar-refractivity contribution in [2.45, 2.75) is 44.9 Å². The third-order valence-electron chi connectivity index (χ3n) is 6.64. The van der Waals surface area contributed by atoms with Crippen molar-refractivity contribution in [2.24, 2.45) is 0 Å². The first-order valence-corrected chi connectivity index (χ1v) is 13.1. The van der Waals surface area contributed by atoms with Gasteiger partial charge in [0.05, 0.1) is 11.1 Å². The van der Waals surface area contributed by atoms with Crippen LogP contribution in [0.3, 0.4) is 0 Å². The highest BCUT2D eigenvalue weighted by Crippen LogP contribution is 2.29. The van der Waals surface area contributed by atoms with E-state index in [1.807, 2.05) is 6.20 Å². The molecule has 1 aliphatic rings. The van der Waals surface area contributed by atoms with Crippen molar-refractivity contribution in [3.8, 4) is 12.3 Å². The summed E-state index contributed by atoms with van der Waals surface area (Å²) in [6.07, 6.45) is 7.04. The molecule has 2 N–H and O–H groups in total. The molecule has 0 bridgehead atoms. The van der Waals surface area contributed by atoms with Gasteiger partial charge in [-0.1, -0.05) is 41.3 Å². The lowest BCUT2D eigenvalue weighted by molar-refractivity contribution is -0.166. The maximum absolute atomic E-state index is 12.2. The number of likely N-dealkylation sites (tertiary alicyclic amines) is 1. The number of hydrogen-bond acceptors (Lipinski definition) is 8. The number of pyridine rings is 1. The van der Waals surface area contributed by atoms with Gasteiger partial charge in [-0.3, -0.25) is 9.88 Å². The smallest absolute Gasteiger partial charge is 0.349 e. The first-order valence-electron chi connectivity index (χ1n) is 13.1. The third kappa shape index (κ3) is 8.49. The average Bonchev–Trinajstić information content (AvgIpc) is 3.41. The molecule has 1 aliphatic heterocycles. The van der Waals surface area contributed by atoms with Crippen molar-refractivity contribution in [2.75, 3.05) is 13.6 Å². The predicted molar refractivity (Wildman–Crippen MR) is 153 cm³/mol. The number of esters is 2. The van der Waals surface area contributed by atoms with E-state index in [0.29, 0.717) is 6.04 Å². The van der Waals surface area contributed by atoms with Gasteiger partial charge in [0.2, 0.25) is 12.2 Å². The summed E-state index contributed by atoms with van der Waals surface area (Å²) in [7, 11) is 2.15. The Bertz CT molecular complexity index is 1390. The fourth-order valence-corrected chi connectivity index (χ4v) is 4.28. The number of ether oxygens (including phenoxy) is 2. The lowest BCUT2D eigenvalue weighted by Crippen LogP contribution is -2.45. The molecule has 0 amide bonds. The van der Waals surface area contributed by atoms with Crippen LogP contribution in [-0.4, -0.2) is 69.8 Å². The molecule has 1 aromatic heterocycles. The Hall–Kier alpha value is -5.01. The van der Waals surface area contributed by atoms with Crippen LogP contribution in [0.15, 0.2) is 67.0 Å². The maximum atomic E-state index is 12.2. The Morgan fingerprint density at radius 2 is 1.36 bits per heavy atom. The van der Waals surface area contributed by atoms with Gasteiger partial charge in [0.15, 0.2) is 0 Å². The zero-order chi connectivity index (χ0) is 30.8. The molecule has 0 spiro atoms. The lowest BCUT2D eigenvalue weighted by atomic mass is 10.1. The van der Waals surface area contributed by atoms with Crippen LogP contribution in [0.2, 0.25) is 0 Å². The molecule has 1 fully saturated rings. The number of aromatic nitrogens is 1. The summed E-state index contributed by atoms with van der Waals surface area (Å²) in [6.45, 7) is 4.76. The molecule has 0 radical (unpaired) electrons. The van der Waals surface area contributed by atoms with Gasteiger partial charge >= 0.3 is 23.9 Å². The molecule has 42 heavy (non-hydrogen) atoms. The minimum atomic E-state index is -2.22. The summed E-state index contributed by atoms with van der Waals surface area (Å²) in [5.41, 5.74) is 3.92. The van der Waals surface area contributed by atoms with Gasteiger partial charge in [-0.25, -0.2) is 19.2 Å². The van der Waals surface area contributed by atoms with Crippen molar-refractivity contribution in [1.29, 1.82) is 0 Å². The number of aliphatic carboxylic acids is 2. The summed E-state index contributed by atoms with van der Waals surface area (Å²) in [4.78, 5) is 53.9. The van der Waals surface area contributed by atoms with Crippen molar-refractivity contribution >= 4 is 23.9 Å². The molecule has 10 nitrogen and oxygen atoms in total. The summed E-state index contributed by atoms with van der Waals surface area (Å²) in [5, 5.41) is 18.6. The summed E-state index contributed by atoms with van der Waals surface area (Å²) in [6, 6.07) is 14.6. The van der Waals surface area contributed by atoms with E-state index in [2.05, 4.69) is 28.9 Å². The standard InChI is InChI=1S/C20H18O8.C12H14N2/c1-11-3-7-13(8-4-11)19(25)27-15(17(21)22)16(18(23)24)28-20(26)14-9-5-12(2)6-10-14;1-3-10-7-11(9-13-8-10)12-5-4-6-14(12)2/h3-10,15-16H,1-2H3,(H,21,22)(H,23,24);1,7-9,12H,4-6H2,2H3/t15-,16-;/m0./s1. The Labute approximate surface area is 243 Å². The molecule has 1 saturated heterocycles. The van der Waals surface area contributed by atoms with Crippen LogP contribution in [0.4, 0.5) is 0 Å². The van der Waals surface area contributed by atoms with Gasteiger partial charge < -0.3 is 19.7 Å². The highest BCUT2D eigenvalue weighted by Gasteiger charge is 2.41. The number of aryl methyl sites for hydroxylation is 2. The molecular formula is C32H32N2O8. The van der Waals surface area contributed by atoms with E-state index in [9.17, 15) is 29.4 Å². The van der Waals surface area contributed by atoms with Crippen LogP contribution >= 0.6 is 0 Å². The van der Waals surface area contributed by atoms with Crippen LogP contribution in [0.5, 0.6) is 0 Å². The molecule has 0 aliphatic carbocycles. The molecule has 4 rings (SSSR count). The molecule has 3 atom stereocenters. The molecular weight excluding hydrogens is 540 g/mol. The number of rotatable bonds is 8. The molecule has 2 heterocycles. The fraction of sp³-hybridized carbons (Fsp3) is 0.281. The first kappa shape index (κ1) is 31.5. The first-order chi connectivity index (χ1) is 20.0. The highest BCUT2D eigenvalue weighted by atomic mass is 16.6. The van der Waals surface area contributed by atoms with Gasteiger partial charge in [-0.05, 0) is 76.2 Å². The minimum Gasteiger partial charge on any atom is -0.478 e. The Morgan fingerprint density at radius 1 is 0.881 bits per heavy atom. The highest BCUT2D eigenvalue weighted by molar-refractivity contribution is 5.95. The second-order valence-corrected chi connectivity index (χ2v) is 9.85. The van der Waals surface area contributed by atoms with Gasteiger partial charge in [0, 0.05) is 24.0 Å². The lowest BCUT2D eigenvalue weighted by Gasteiger charge is -2.21. The van der Waals surface area contributed by atoms with Crippen molar-refractivity contribution in [1.82, 2.24) is 9.88 Å². The number of carboxylic acids is 2. The summed E-state index contributed by atoms with van der Waals surface area (Å²) >= 11 is 0. The van der Waals surface area contributed by atoms with E-state index in [1.165, 1.54) is 49.2 Å². The van der Waals surface area contributed by atoms with Crippen LogP contribution in [-0.2, 0) is 19.1 Å². The Balaban J connectivity index is 0.000000287. The predicted octanol–water partition coefficient (Wildman–Crippen LogP) is 4.05. The van der Waals surface area contributed by atoms with Gasteiger partial charge in [-0.2, -0.15) is 0 Å². The summed E-state index contributed by atoms with van der Waals surface area (Å²) < 4.78 is 9.64. The SMILES string of the molecule is C#Cc1cncc(C2CCCN2C)c1.Cc1ccc(C(=O)O[C@H](C(=O)O)[C@H](OC(=O)c2ccc(C)cc2)C(=O)O)cc1. The number of terminal acetylenes is 1. The largest absolute Gasteiger partial charge is 0.478 e. The number of carbonyl (C=O) groups excluding carboxylic acids is 2. The molecule has 2 aromatic carbocycles. The topological polar surface area (TPSA) is 143 Å². The van der Waals surface area contributed by atoms with Crippen molar-refractivity contribution in [3.63, 3.8) is 0 Å². The van der Waals surface area contributed by atoms with E-state index < -0.39 is 36.1 Å². The number of carbonyl (C=O) groups is 4. The van der Waals surface area contributed by atoms with Crippen LogP contribution in [0, 0.1) is 26.2 Å². The molecule has 3 aromatic rings. The molecule has 10 heteroatoms. The van der Waals surface area contributed by atoms with Crippen LogP contribution in [0.1, 0.15) is 61.9 Å². The van der Waals surface area contributed by atoms with Crippen LogP contribution < -0.4 is 0 Å². The van der Waals surface area contributed by atoms with E-state index in [4.69, 9.17) is 15.9 Å². The number of hydrogen-bond donors (Lipinski definition) is 2.